The van der Waals surface area contributed by atoms with E-state index >= 15 is 0 Å². The smallest absolute Gasteiger partial charge is 0.408 e. The minimum atomic E-state index is -0.732. The van der Waals surface area contributed by atoms with Crippen LogP contribution in [-0.4, -0.2) is 46.1 Å². The molecule has 0 spiro atoms. The Bertz CT molecular complexity index is 468. The Kier molecular flexibility index (Phi) is 14.9. The van der Waals surface area contributed by atoms with Gasteiger partial charge in [0.15, 0.2) is 0 Å². The van der Waals surface area contributed by atoms with E-state index in [1.807, 2.05) is 0 Å². The Morgan fingerprint density at radius 2 is 1.36 bits per heavy atom. The number of thiol groups is 1. The highest BCUT2D eigenvalue weighted by atomic mass is 32.1. The van der Waals surface area contributed by atoms with Crippen LogP contribution in [-0.2, 0) is 19.1 Å². The molecule has 2 N–H and O–H groups in total. The number of esters is 1. The van der Waals surface area contributed by atoms with Crippen LogP contribution in [0.5, 0.6) is 0 Å². The Balaban J connectivity index is 0. The quantitative estimate of drug-likeness (QED) is 0.286. The number of rotatable bonds is 9. The minimum Gasteiger partial charge on any atom is -0.481 e. The summed E-state index contributed by atoms with van der Waals surface area (Å²) in [6.07, 6.45) is 5.03. The van der Waals surface area contributed by atoms with E-state index in [0.29, 0.717) is 6.42 Å². The SMILES string of the molecule is CC(NC(=O)OC(C)(C)C)C(=O)OC(C)(C)C.O=C(O)CCCCCCCS. The first-order valence-electron chi connectivity index (χ1n) is 9.73. The highest BCUT2D eigenvalue weighted by molar-refractivity contribution is 7.80. The molecule has 1 amide bonds. The molecular weight excluding hydrogens is 382 g/mol. The number of unbranched alkanes of at least 4 members (excludes halogenated alkanes) is 4. The van der Waals surface area contributed by atoms with Crippen molar-refractivity contribution in [3.8, 4) is 0 Å². The van der Waals surface area contributed by atoms with E-state index in [1.165, 1.54) is 6.42 Å². The van der Waals surface area contributed by atoms with Crippen molar-refractivity contribution in [3.63, 3.8) is 0 Å². The summed E-state index contributed by atoms with van der Waals surface area (Å²) in [5, 5.41) is 10.7. The third-order valence-electron chi connectivity index (χ3n) is 3.04. The fourth-order valence-electron chi connectivity index (χ4n) is 1.85. The summed E-state index contributed by atoms with van der Waals surface area (Å²) in [5.41, 5.74) is -1.15. The summed E-state index contributed by atoms with van der Waals surface area (Å²) in [6.45, 7) is 12.1. The van der Waals surface area contributed by atoms with Crippen molar-refractivity contribution in [1.82, 2.24) is 5.32 Å². The largest absolute Gasteiger partial charge is 0.481 e. The second-order valence-corrected chi connectivity index (χ2v) is 8.98. The zero-order valence-corrected chi connectivity index (χ0v) is 19.4. The molecule has 0 aliphatic heterocycles. The topological polar surface area (TPSA) is 102 Å². The van der Waals surface area contributed by atoms with Gasteiger partial charge in [0.1, 0.15) is 17.2 Å². The van der Waals surface area contributed by atoms with Gasteiger partial charge in [0.25, 0.3) is 0 Å². The molecule has 0 aromatic rings. The molecule has 28 heavy (non-hydrogen) atoms. The maximum atomic E-state index is 11.6. The first-order valence-corrected chi connectivity index (χ1v) is 10.4. The number of hydrogen-bond donors (Lipinski definition) is 3. The van der Waals surface area contributed by atoms with Crippen molar-refractivity contribution >= 4 is 30.7 Å². The van der Waals surface area contributed by atoms with Gasteiger partial charge in [0.05, 0.1) is 0 Å². The second-order valence-electron chi connectivity index (χ2n) is 8.54. The van der Waals surface area contributed by atoms with Gasteiger partial charge < -0.3 is 19.9 Å². The molecular formula is C20H39NO6S. The fourth-order valence-corrected chi connectivity index (χ4v) is 2.08. The third-order valence-corrected chi connectivity index (χ3v) is 3.36. The number of carboxylic acid groups (broad SMARTS) is 1. The van der Waals surface area contributed by atoms with Gasteiger partial charge in [-0.25, -0.2) is 9.59 Å². The number of aliphatic carboxylic acids is 1. The standard InChI is InChI=1S/C12H23NO4.C8H16O2S/c1-8(9(14)16-11(2,3)4)13-10(15)17-12(5,6)7;9-8(10)6-4-2-1-3-5-7-11/h8H,1-7H3,(H,13,15);11H,1-7H2,(H,9,10). The normalized spacial score (nSPS) is 12.3. The first kappa shape index (κ1) is 28.8. The predicted octanol–water partition coefficient (Wildman–Crippen LogP) is 4.58. The molecule has 0 radical (unpaired) electrons. The average Bonchev–Trinajstić information content (AvgIpc) is 2.47. The van der Waals surface area contributed by atoms with Crippen LogP contribution < -0.4 is 5.32 Å². The lowest BCUT2D eigenvalue weighted by Gasteiger charge is -2.24. The molecule has 0 saturated heterocycles. The summed E-state index contributed by atoms with van der Waals surface area (Å²) < 4.78 is 10.2. The van der Waals surface area contributed by atoms with Gasteiger partial charge in [-0.2, -0.15) is 12.6 Å². The Labute approximate surface area is 175 Å². The molecule has 0 saturated carbocycles. The van der Waals surface area contributed by atoms with E-state index in [4.69, 9.17) is 14.6 Å². The molecule has 0 bridgehead atoms. The molecule has 1 unspecified atom stereocenters. The summed E-state index contributed by atoms with van der Waals surface area (Å²) in [6, 6.07) is -0.732. The maximum absolute atomic E-state index is 11.6. The van der Waals surface area contributed by atoms with Gasteiger partial charge >= 0.3 is 18.0 Å². The molecule has 166 valence electrons. The summed E-state index contributed by atoms with van der Waals surface area (Å²) in [5.74, 6) is -0.221. The summed E-state index contributed by atoms with van der Waals surface area (Å²) in [4.78, 5) is 33.0. The van der Waals surface area contributed by atoms with Gasteiger partial charge in [0.2, 0.25) is 0 Å². The number of carbonyl (C=O) groups is 3. The van der Waals surface area contributed by atoms with E-state index in [9.17, 15) is 14.4 Å². The molecule has 0 heterocycles. The number of carboxylic acids is 1. The lowest BCUT2D eigenvalue weighted by molar-refractivity contribution is -0.157. The van der Waals surface area contributed by atoms with Gasteiger partial charge in [0, 0.05) is 6.42 Å². The van der Waals surface area contributed by atoms with Crippen molar-refractivity contribution in [2.45, 2.75) is 104 Å². The number of nitrogens with one attached hydrogen (secondary N) is 1. The second kappa shape index (κ2) is 14.5. The van der Waals surface area contributed by atoms with E-state index < -0.39 is 35.3 Å². The predicted molar refractivity (Wildman–Crippen MR) is 114 cm³/mol. The minimum absolute atomic E-state index is 0.320. The summed E-state index contributed by atoms with van der Waals surface area (Å²) >= 11 is 4.08. The van der Waals surface area contributed by atoms with Gasteiger partial charge in [-0.05, 0) is 67.1 Å². The van der Waals surface area contributed by atoms with Crippen molar-refractivity contribution in [1.29, 1.82) is 0 Å². The molecule has 8 heteroatoms. The van der Waals surface area contributed by atoms with Crippen molar-refractivity contribution in [3.05, 3.63) is 0 Å². The number of alkyl carbamates (subject to hydrolysis) is 1. The molecule has 1 atom stereocenters. The van der Waals surface area contributed by atoms with E-state index in [1.54, 1.807) is 48.5 Å². The van der Waals surface area contributed by atoms with Crippen LogP contribution in [0.4, 0.5) is 4.79 Å². The number of hydrogen-bond acceptors (Lipinski definition) is 6. The fraction of sp³-hybridized carbons (Fsp3) is 0.850. The van der Waals surface area contributed by atoms with Crippen LogP contribution >= 0.6 is 12.6 Å². The van der Waals surface area contributed by atoms with Gasteiger partial charge in [-0.15, -0.1) is 0 Å². The van der Waals surface area contributed by atoms with Crippen molar-refractivity contribution in [2.24, 2.45) is 0 Å². The number of amides is 1. The highest BCUT2D eigenvalue weighted by Crippen LogP contribution is 2.10. The number of carbonyl (C=O) groups excluding carboxylic acids is 2. The van der Waals surface area contributed by atoms with Gasteiger partial charge in [-0.3, -0.25) is 4.79 Å². The lowest BCUT2D eigenvalue weighted by atomic mass is 10.1. The Morgan fingerprint density at radius 1 is 0.893 bits per heavy atom. The zero-order chi connectivity index (χ0) is 22.4. The molecule has 0 aliphatic carbocycles. The van der Waals surface area contributed by atoms with Crippen molar-refractivity contribution < 1.29 is 29.0 Å². The van der Waals surface area contributed by atoms with Crippen LogP contribution in [0.25, 0.3) is 0 Å². The van der Waals surface area contributed by atoms with E-state index in [0.717, 1.165) is 31.4 Å². The van der Waals surface area contributed by atoms with Crippen LogP contribution in [0.15, 0.2) is 0 Å². The number of ether oxygens (including phenoxy) is 2. The van der Waals surface area contributed by atoms with Crippen LogP contribution in [0.2, 0.25) is 0 Å². The maximum Gasteiger partial charge on any atom is 0.408 e. The Hall–Kier alpha value is -1.44. The molecule has 0 aromatic heterocycles. The molecule has 0 rings (SSSR count). The van der Waals surface area contributed by atoms with Crippen LogP contribution in [0.3, 0.4) is 0 Å². The highest BCUT2D eigenvalue weighted by Gasteiger charge is 2.25. The first-order chi connectivity index (χ1) is 12.7. The molecule has 0 aromatic carbocycles. The molecule has 7 nitrogen and oxygen atoms in total. The monoisotopic (exact) mass is 421 g/mol. The van der Waals surface area contributed by atoms with Crippen LogP contribution in [0.1, 0.15) is 87.0 Å². The zero-order valence-electron chi connectivity index (χ0n) is 18.5. The molecule has 0 aliphatic rings. The van der Waals surface area contributed by atoms with Crippen molar-refractivity contribution in [2.75, 3.05) is 5.75 Å². The average molecular weight is 422 g/mol. The van der Waals surface area contributed by atoms with Gasteiger partial charge in [-0.1, -0.05) is 19.3 Å². The third kappa shape index (κ3) is 22.6. The lowest BCUT2D eigenvalue weighted by Crippen LogP contribution is -2.44. The van der Waals surface area contributed by atoms with E-state index in [-0.39, 0.29) is 0 Å². The summed E-state index contributed by atoms with van der Waals surface area (Å²) in [7, 11) is 0. The van der Waals surface area contributed by atoms with Crippen LogP contribution in [0, 0.1) is 0 Å². The molecule has 0 fully saturated rings. The van der Waals surface area contributed by atoms with E-state index in [2.05, 4.69) is 17.9 Å². The Morgan fingerprint density at radius 3 is 1.79 bits per heavy atom.